The topological polar surface area (TPSA) is 48.9 Å². The molecule has 0 radical (unpaired) electrons. The lowest BCUT2D eigenvalue weighted by atomic mass is 10.0. The third kappa shape index (κ3) is 6.24. The molecule has 0 bridgehead atoms. The fourth-order valence-corrected chi connectivity index (χ4v) is 3.34. The van der Waals surface area contributed by atoms with Crippen LogP contribution in [0.2, 0.25) is 0 Å². The van der Waals surface area contributed by atoms with Gasteiger partial charge in [0.05, 0.1) is 13.7 Å². The standard InChI is InChI=1S/C20H34N4O/c1-5-21-20(22-14-17-9-8-10-18(13-17)25-4)23-15-19(16(2)3)24-11-6-7-12-24/h8-10,13,16,19H,5-7,11-12,14-15H2,1-4H3,(H2,21,22,23). The number of guanidine groups is 1. The minimum Gasteiger partial charge on any atom is -0.497 e. The molecule has 140 valence electrons. The molecule has 0 amide bonds. The average molecular weight is 347 g/mol. The number of nitrogens with one attached hydrogen (secondary N) is 2. The molecule has 1 aromatic rings. The van der Waals surface area contributed by atoms with Gasteiger partial charge in [0.15, 0.2) is 5.96 Å². The van der Waals surface area contributed by atoms with Crippen molar-refractivity contribution >= 4 is 5.96 Å². The van der Waals surface area contributed by atoms with Gasteiger partial charge in [0, 0.05) is 19.1 Å². The maximum Gasteiger partial charge on any atom is 0.191 e. The SMILES string of the molecule is CCNC(=NCc1cccc(OC)c1)NCC(C(C)C)N1CCCC1. The van der Waals surface area contributed by atoms with Gasteiger partial charge in [0.25, 0.3) is 0 Å². The van der Waals surface area contributed by atoms with Gasteiger partial charge in [0.2, 0.25) is 0 Å². The Balaban J connectivity index is 1.96. The summed E-state index contributed by atoms with van der Waals surface area (Å²) in [5.74, 6) is 2.39. The van der Waals surface area contributed by atoms with Gasteiger partial charge in [-0.1, -0.05) is 26.0 Å². The molecule has 0 spiro atoms. The highest BCUT2D eigenvalue weighted by Gasteiger charge is 2.24. The zero-order valence-corrected chi connectivity index (χ0v) is 16.2. The first-order valence-corrected chi connectivity index (χ1v) is 9.53. The summed E-state index contributed by atoms with van der Waals surface area (Å²) in [6.07, 6.45) is 2.65. The Hall–Kier alpha value is -1.75. The van der Waals surface area contributed by atoms with Crippen molar-refractivity contribution in [1.82, 2.24) is 15.5 Å². The number of hydrogen-bond acceptors (Lipinski definition) is 3. The zero-order chi connectivity index (χ0) is 18.1. The van der Waals surface area contributed by atoms with Crippen molar-refractivity contribution in [3.8, 4) is 5.75 Å². The van der Waals surface area contributed by atoms with Gasteiger partial charge in [-0.2, -0.15) is 0 Å². The number of rotatable bonds is 8. The molecule has 0 aliphatic carbocycles. The summed E-state index contributed by atoms with van der Waals surface area (Å²) in [6.45, 7) is 11.6. The van der Waals surface area contributed by atoms with Crippen LogP contribution in [0.5, 0.6) is 5.75 Å². The predicted molar refractivity (Wildman–Crippen MR) is 105 cm³/mol. The third-order valence-corrected chi connectivity index (χ3v) is 4.76. The Morgan fingerprint density at radius 2 is 2.00 bits per heavy atom. The van der Waals surface area contributed by atoms with Gasteiger partial charge in [-0.25, -0.2) is 4.99 Å². The first-order valence-electron chi connectivity index (χ1n) is 9.53. The highest BCUT2D eigenvalue weighted by Crippen LogP contribution is 2.17. The molecule has 5 heteroatoms. The van der Waals surface area contributed by atoms with E-state index in [1.165, 1.54) is 25.9 Å². The molecule has 0 aromatic heterocycles. The van der Waals surface area contributed by atoms with Crippen LogP contribution >= 0.6 is 0 Å². The van der Waals surface area contributed by atoms with E-state index in [9.17, 15) is 0 Å². The number of ether oxygens (including phenoxy) is 1. The molecule has 1 aliphatic rings. The van der Waals surface area contributed by atoms with E-state index in [0.717, 1.165) is 30.4 Å². The Morgan fingerprint density at radius 1 is 1.24 bits per heavy atom. The van der Waals surface area contributed by atoms with Crippen molar-refractivity contribution in [3.05, 3.63) is 29.8 Å². The van der Waals surface area contributed by atoms with Gasteiger partial charge >= 0.3 is 0 Å². The largest absolute Gasteiger partial charge is 0.497 e. The zero-order valence-electron chi connectivity index (χ0n) is 16.2. The summed E-state index contributed by atoms with van der Waals surface area (Å²) < 4.78 is 5.29. The van der Waals surface area contributed by atoms with Crippen molar-refractivity contribution in [2.45, 2.75) is 46.2 Å². The van der Waals surface area contributed by atoms with Crippen molar-refractivity contribution in [2.24, 2.45) is 10.9 Å². The molecule has 0 saturated carbocycles. The quantitative estimate of drug-likeness (QED) is 0.561. The van der Waals surface area contributed by atoms with Crippen LogP contribution in [0.3, 0.4) is 0 Å². The van der Waals surface area contributed by atoms with Crippen LogP contribution in [0, 0.1) is 5.92 Å². The molecule has 1 aliphatic heterocycles. The predicted octanol–water partition coefficient (Wildman–Crippen LogP) is 2.87. The van der Waals surface area contributed by atoms with E-state index >= 15 is 0 Å². The molecule has 1 heterocycles. The monoisotopic (exact) mass is 346 g/mol. The van der Waals surface area contributed by atoms with Gasteiger partial charge in [-0.05, 0) is 56.5 Å². The van der Waals surface area contributed by atoms with Crippen LogP contribution in [0.25, 0.3) is 0 Å². The normalized spacial score (nSPS) is 16.9. The molecule has 1 fully saturated rings. The van der Waals surface area contributed by atoms with Crippen molar-refractivity contribution in [2.75, 3.05) is 33.3 Å². The maximum absolute atomic E-state index is 5.29. The van der Waals surface area contributed by atoms with Crippen molar-refractivity contribution in [1.29, 1.82) is 0 Å². The Labute approximate surface area is 152 Å². The summed E-state index contributed by atoms with van der Waals surface area (Å²) in [7, 11) is 1.69. The fourth-order valence-electron chi connectivity index (χ4n) is 3.34. The van der Waals surface area contributed by atoms with Crippen molar-refractivity contribution < 1.29 is 4.74 Å². The smallest absolute Gasteiger partial charge is 0.191 e. The molecule has 5 nitrogen and oxygen atoms in total. The van der Waals surface area contributed by atoms with Gasteiger partial charge in [-0.3, -0.25) is 4.90 Å². The van der Waals surface area contributed by atoms with Gasteiger partial charge in [-0.15, -0.1) is 0 Å². The molecule has 1 aromatic carbocycles. The van der Waals surface area contributed by atoms with E-state index < -0.39 is 0 Å². The minimum atomic E-state index is 0.558. The summed E-state index contributed by atoms with van der Waals surface area (Å²) in [4.78, 5) is 7.35. The van der Waals surface area contributed by atoms with E-state index in [4.69, 9.17) is 9.73 Å². The molecule has 1 saturated heterocycles. The summed E-state index contributed by atoms with van der Waals surface area (Å²) in [5.41, 5.74) is 1.15. The van der Waals surface area contributed by atoms with Crippen LogP contribution in [0.4, 0.5) is 0 Å². The number of methoxy groups -OCH3 is 1. The minimum absolute atomic E-state index is 0.558. The third-order valence-electron chi connectivity index (χ3n) is 4.76. The molecule has 1 atom stereocenters. The number of likely N-dealkylation sites (tertiary alicyclic amines) is 1. The molecular weight excluding hydrogens is 312 g/mol. The first kappa shape index (κ1) is 19.6. The lowest BCUT2D eigenvalue weighted by Gasteiger charge is -2.31. The van der Waals surface area contributed by atoms with Crippen LogP contribution < -0.4 is 15.4 Å². The summed E-state index contributed by atoms with van der Waals surface area (Å²) in [6, 6.07) is 8.64. The van der Waals surface area contributed by atoms with E-state index in [0.29, 0.717) is 18.5 Å². The number of hydrogen-bond donors (Lipinski definition) is 2. The van der Waals surface area contributed by atoms with E-state index in [2.05, 4.69) is 42.4 Å². The van der Waals surface area contributed by atoms with Crippen LogP contribution in [-0.4, -0.2) is 50.2 Å². The summed E-state index contributed by atoms with van der Waals surface area (Å²) in [5, 5.41) is 6.90. The Kier molecular flexibility index (Phi) is 8.06. The van der Waals surface area contributed by atoms with E-state index in [1.54, 1.807) is 7.11 Å². The van der Waals surface area contributed by atoms with E-state index in [-0.39, 0.29) is 0 Å². The van der Waals surface area contributed by atoms with E-state index in [1.807, 2.05) is 18.2 Å². The highest BCUT2D eigenvalue weighted by molar-refractivity contribution is 5.79. The second-order valence-corrected chi connectivity index (χ2v) is 6.98. The highest BCUT2D eigenvalue weighted by atomic mass is 16.5. The van der Waals surface area contributed by atoms with Crippen LogP contribution in [0.1, 0.15) is 39.2 Å². The second kappa shape index (κ2) is 10.3. The van der Waals surface area contributed by atoms with Crippen LogP contribution in [-0.2, 0) is 6.54 Å². The second-order valence-electron chi connectivity index (χ2n) is 6.98. The number of aliphatic imine (C=N–C) groups is 1. The van der Waals surface area contributed by atoms with Gasteiger partial charge in [0.1, 0.15) is 5.75 Å². The molecular formula is C20H34N4O. The Bertz CT molecular complexity index is 538. The van der Waals surface area contributed by atoms with Crippen LogP contribution in [0.15, 0.2) is 29.3 Å². The van der Waals surface area contributed by atoms with Crippen molar-refractivity contribution in [3.63, 3.8) is 0 Å². The maximum atomic E-state index is 5.29. The summed E-state index contributed by atoms with van der Waals surface area (Å²) >= 11 is 0. The number of nitrogens with zero attached hydrogens (tertiary/aromatic N) is 2. The molecule has 1 unspecified atom stereocenters. The molecule has 2 N–H and O–H groups in total. The molecule has 25 heavy (non-hydrogen) atoms. The first-order chi connectivity index (χ1) is 12.1. The number of benzene rings is 1. The average Bonchev–Trinajstić information content (AvgIpc) is 3.14. The fraction of sp³-hybridized carbons (Fsp3) is 0.650. The lowest BCUT2D eigenvalue weighted by Crippen LogP contribution is -2.48. The Morgan fingerprint density at radius 3 is 2.64 bits per heavy atom. The lowest BCUT2D eigenvalue weighted by molar-refractivity contribution is 0.192. The van der Waals surface area contributed by atoms with Gasteiger partial charge < -0.3 is 15.4 Å². The molecule has 2 rings (SSSR count).